The fourth-order valence-electron chi connectivity index (χ4n) is 2.35. The van der Waals surface area contributed by atoms with Crippen molar-refractivity contribution in [3.63, 3.8) is 0 Å². The van der Waals surface area contributed by atoms with Gasteiger partial charge in [-0.2, -0.15) is 0 Å². The Morgan fingerprint density at radius 1 is 1.47 bits per heavy atom. The predicted octanol–water partition coefficient (Wildman–Crippen LogP) is 3.31. The quantitative estimate of drug-likeness (QED) is 0.900. The number of rotatable bonds is 5. The molecule has 0 amide bonds. The van der Waals surface area contributed by atoms with Crippen molar-refractivity contribution in [1.82, 2.24) is 5.32 Å². The van der Waals surface area contributed by atoms with E-state index < -0.39 is 0 Å². The second-order valence-corrected chi connectivity index (χ2v) is 5.56. The van der Waals surface area contributed by atoms with E-state index >= 15 is 0 Å². The molecule has 0 radical (unpaired) electrons. The molecule has 1 unspecified atom stereocenters. The third kappa shape index (κ3) is 3.23. The number of hydrogen-bond acceptors (Lipinski definition) is 2. The Bertz CT molecular complexity index is 392. The van der Waals surface area contributed by atoms with Crippen molar-refractivity contribution in [1.29, 1.82) is 0 Å². The molecule has 0 saturated heterocycles. The molecule has 0 spiro atoms. The van der Waals surface area contributed by atoms with Gasteiger partial charge in [-0.1, -0.05) is 22.9 Å². The van der Waals surface area contributed by atoms with E-state index in [0.29, 0.717) is 6.04 Å². The number of nitrogens with one attached hydrogen (secondary N) is 1. The smallest absolute Gasteiger partial charge is 0.125 e. The fourth-order valence-corrected chi connectivity index (χ4v) is 2.91. The van der Waals surface area contributed by atoms with Crippen molar-refractivity contribution < 1.29 is 4.74 Å². The van der Waals surface area contributed by atoms with E-state index in [0.717, 1.165) is 38.2 Å². The first kappa shape index (κ1) is 12.9. The first-order chi connectivity index (χ1) is 8.20. The molecular formula is C14H20BrNO. The molecule has 17 heavy (non-hydrogen) atoms. The first-order valence-electron chi connectivity index (χ1n) is 6.38. The van der Waals surface area contributed by atoms with Gasteiger partial charge in [-0.15, -0.1) is 0 Å². The molecule has 1 heterocycles. The number of benzene rings is 1. The molecule has 0 bridgehead atoms. The van der Waals surface area contributed by atoms with Crippen molar-refractivity contribution in [2.24, 2.45) is 0 Å². The summed E-state index contributed by atoms with van der Waals surface area (Å²) in [5, 5.41) is 3.45. The van der Waals surface area contributed by atoms with Gasteiger partial charge in [0.15, 0.2) is 0 Å². The maximum atomic E-state index is 5.74. The maximum absolute atomic E-state index is 5.74. The molecule has 94 valence electrons. The largest absolute Gasteiger partial charge is 0.493 e. The molecule has 1 atom stereocenters. The molecule has 0 saturated carbocycles. The summed E-state index contributed by atoms with van der Waals surface area (Å²) in [6.45, 7) is 6.26. The van der Waals surface area contributed by atoms with Gasteiger partial charge in [0.25, 0.3) is 0 Å². The van der Waals surface area contributed by atoms with Crippen molar-refractivity contribution in [2.45, 2.75) is 39.2 Å². The third-order valence-corrected chi connectivity index (χ3v) is 3.68. The first-order valence-corrected chi connectivity index (χ1v) is 7.17. The van der Waals surface area contributed by atoms with Crippen LogP contribution in [0.15, 0.2) is 16.6 Å². The van der Waals surface area contributed by atoms with Gasteiger partial charge in [-0.05, 0) is 49.6 Å². The number of aryl methyl sites for hydroxylation is 1. The highest BCUT2D eigenvalue weighted by atomic mass is 79.9. The van der Waals surface area contributed by atoms with E-state index in [1.54, 1.807) is 0 Å². The lowest BCUT2D eigenvalue weighted by Crippen LogP contribution is -2.25. The summed E-state index contributed by atoms with van der Waals surface area (Å²) in [6.07, 6.45) is 3.28. The van der Waals surface area contributed by atoms with Crippen LogP contribution in [0.4, 0.5) is 0 Å². The molecule has 3 heteroatoms. The van der Waals surface area contributed by atoms with E-state index in [-0.39, 0.29) is 0 Å². The van der Waals surface area contributed by atoms with Crippen LogP contribution in [0.3, 0.4) is 0 Å². The van der Waals surface area contributed by atoms with Crippen LogP contribution in [0.2, 0.25) is 0 Å². The minimum absolute atomic E-state index is 0.566. The molecular weight excluding hydrogens is 278 g/mol. The fraction of sp³-hybridized carbons (Fsp3) is 0.571. The lowest BCUT2D eigenvalue weighted by atomic mass is 10.0. The molecule has 2 rings (SSSR count). The Hall–Kier alpha value is -0.540. The summed E-state index contributed by atoms with van der Waals surface area (Å²) in [5.41, 5.74) is 2.70. The topological polar surface area (TPSA) is 21.3 Å². The summed E-state index contributed by atoms with van der Waals surface area (Å²) >= 11 is 3.58. The zero-order valence-corrected chi connectivity index (χ0v) is 12.1. The maximum Gasteiger partial charge on any atom is 0.125 e. The predicted molar refractivity (Wildman–Crippen MR) is 74.8 cm³/mol. The summed E-state index contributed by atoms with van der Waals surface area (Å²) in [5.74, 6) is 1.14. The van der Waals surface area contributed by atoms with E-state index in [1.165, 1.54) is 15.6 Å². The van der Waals surface area contributed by atoms with E-state index in [1.807, 2.05) is 0 Å². The lowest BCUT2D eigenvalue weighted by Gasteiger charge is -2.14. The Morgan fingerprint density at radius 3 is 3.06 bits per heavy atom. The van der Waals surface area contributed by atoms with Gasteiger partial charge in [0, 0.05) is 16.9 Å². The molecule has 1 aromatic carbocycles. The van der Waals surface area contributed by atoms with Gasteiger partial charge in [0.2, 0.25) is 0 Å². The molecule has 1 N–H and O–H groups in total. The normalized spacial score (nSPS) is 15.5. The van der Waals surface area contributed by atoms with Crippen molar-refractivity contribution >= 4 is 15.9 Å². The lowest BCUT2D eigenvalue weighted by molar-refractivity contribution is 0.352. The summed E-state index contributed by atoms with van der Waals surface area (Å²) in [6, 6.07) is 4.94. The number of ether oxygens (including phenoxy) is 1. The SMILES string of the molecule is CCNC(C)CCc1cc(Br)cc2c1OCC2. The average Bonchev–Trinajstić information content (AvgIpc) is 2.74. The van der Waals surface area contributed by atoms with Crippen LogP contribution in [0.1, 0.15) is 31.4 Å². The van der Waals surface area contributed by atoms with Gasteiger partial charge < -0.3 is 10.1 Å². The van der Waals surface area contributed by atoms with Crippen LogP contribution < -0.4 is 10.1 Å². The van der Waals surface area contributed by atoms with Crippen LogP contribution in [0.5, 0.6) is 5.75 Å². The van der Waals surface area contributed by atoms with Crippen LogP contribution in [-0.2, 0) is 12.8 Å². The van der Waals surface area contributed by atoms with Crippen LogP contribution in [0.25, 0.3) is 0 Å². The van der Waals surface area contributed by atoms with Gasteiger partial charge in [-0.25, -0.2) is 0 Å². The molecule has 0 aromatic heterocycles. The molecule has 0 fully saturated rings. The Kier molecular flexibility index (Phi) is 4.46. The van der Waals surface area contributed by atoms with Crippen LogP contribution in [-0.4, -0.2) is 19.2 Å². The molecule has 1 aliphatic heterocycles. The Morgan fingerprint density at radius 2 is 2.29 bits per heavy atom. The van der Waals surface area contributed by atoms with Crippen LogP contribution in [0, 0.1) is 0 Å². The summed E-state index contributed by atoms with van der Waals surface area (Å²) in [7, 11) is 0. The standard InChI is InChI=1S/C14H20BrNO/c1-3-16-10(2)4-5-11-8-13(15)9-12-6-7-17-14(11)12/h8-10,16H,3-7H2,1-2H3. The molecule has 0 aliphatic carbocycles. The zero-order chi connectivity index (χ0) is 12.3. The summed E-state index contributed by atoms with van der Waals surface area (Å²) < 4.78 is 6.91. The van der Waals surface area contributed by atoms with Crippen molar-refractivity contribution in [3.05, 3.63) is 27.7 Å². The van der Waals surface area contributed by atoms with E-state index in [2.05, 4.69) is 47.2 Å². The second kappa shape index (κ2) is 5.87. The third-order valence-electron chi connectivity index (χ3n) is 3.22. The van der Waals surface area contributed by atoms with Gasteiger partial charge in [0.1, 0.15) is 5.75 Å². The minimum atomic E-state index is 0.566. The highest BCUT2D eigenvalue weighted by Crippen LogP contribution is 2.33. The zero-order valence-electron chi connectivity index (χ0n) is 10.6. The van der Waals surface area contributed by atoms with Gasteiger partial charge >= 0.3 is 0 Å². The second-order valence-electron chi connectivity index (χ2n) is 4.65. The van der Waals surface area contributed by atoms with Gasteiger partial charge in [-0.3, -0.25) is 0 Å². The molecule has 1 aliphatic rings. The number of fused-ring (bicyclic) bond motifs is 1. The Balaban J connectivity index is 2.05. The number of halogens is 1. The molecule has 2 nitrogen and oxygen atoms in total. The average molecular weight is 298 g/mol. The highest BCUT2D eigenvalue weighted by molar-refractivity contribution is 9.10. The minimum Gasteiger partial charge on any atom is -0.493 e. The Labute approximate surface area is 112 Å². The van der Waals surface area contributed by atoms with Gasteiger partial charge in [0.05, 0.1) is 6.61 Å². The number of hydrogen-bond donors (Lipinski definition) is 1. The van der Waals surface area contributed by atoms with Crippen molar-refractivity contribution in [3.8, 4) is 5.75 Å². The van der Waals surface area contributed by atoms with Crippen molar-refractivity contribution in [2.75, 3.05) is 13.2 Å². The monoisotopic (exact) mass is 297 g/mol. The van der Waals surface area contributed by atoms with E-state index in [4.69, 9.17) is 4.74 Å². The van der Waals surface area contributed by atoms with Crippen LogP contribution >= 0.6 is 15.9 Å². The summed E-state index contributed by atoms with van der Waals surface area (Å²) in [4.78, 5) is 0. The molecule has 1 aromatic rings. The van der Waals surface area contributed by atoms with E-state index in [9.17, 15) is 0 Å². The highest BCUT2D eigenvalue weighted by Gasteiger charge is 2.17.